The Morgan fingerprint density at radius 2 is 1.75 bits per heavy atom. The maximum atomic E-state index is 6.00. The van der Waals surface area contributed by atoms with Gasteiger partial charge in [0.1, 0.15) is 0 Å². The topological polar surface area (TPSA) is 38.0 Å². The fourth-order valence-corrected chi connectivity index (χ4v) is 2.60. The summed E-state index contributed by atoms with van der Waals surface area (Å²) in [6.45, 7) is 0. The van der Waals surface area contributed by atoms with Gasteiger partial charge in [-0.1, -0.05) is 54.1 Å². The van der Waals surface area contributed by atoms with Gasteiger partial charge in [0.25, 0.3) is 0 Å². The van der Waals surface area contributed by atoms with Gasteiger partial charge < -0.3 is 0 Å². The lowest BCUT2D eigenvalue weighted by Crippen LogP contribution is -2.36. The minimum atomic E-state index is 0.289. The van der Waals surface area contributed by atoms with Crippen molar-refractivity contribution < 1.29 is 0 Å². The summed E-state index contributed by atoms with van der Waals surface area (Å²) in [6.07, 6.45) is 4.18. The second kappa shape index (κ2) is 8.05. The van der Waals surface area contributed by atoms with Gasteiger partial charge in [0.05, 0.1) is 0 Å². The van der Waals surface area contributed by atoms with Crippen LogP contribution in [0.4, 0.5) is 0 Å². The van der Waals surface area contributed by atoms with Crippen molar-refractivity contribution in [3.8, 4) is 0 Å². The molecule has 0 aromatic heterocycles. The highest BCUT2D eigenvalue weighted by Crippen LogP contribution is 2.14. The van der Waals surface area contributed by atoms with Gasteiger partial charge >= 0.3 is 0 Å². The number of nitrogens with one attached hydrogen (secondary N) is 1. The molecule has 0 saturated heterocycles. The highest BCUT2D eigenvalue weighted by Gasteiger charge is 2.08. The smallest absolute Gasteiger partial charge is 0.0408 e. The molecule has 20 heavy (non-hydrogen) atoms. The zero-order valence-corrected chi connectivity index (χ0v) is 12.3. The number of benzene rings is 2. The maximum Gasteiger partial charge on any atom is 0.0408 e. The van der Waals surface area contributed by atoms with Gasteiger partial charge in [-0.2, -0.15) is 0 Å². The molecule has 0 radical (unpaired) electrons. The molecular formula is C17H21ClN2. The first kappa shape index (κ1) is 15.0. The van der Waals surface area contributed by atoms with E-state index in [1.165, 1.54) is 11.1 Å². The van der Waals surface area contributed by atoms with Crippen LogP contribution in [0.3, 0.4) is 0 Å². The first-order chi connectivity index (χ1) is 9.78. The van der Waals surface area contributed by atoms with Crippen LogP contribution in [-0.4, -0.2) is 6.04 Å². The SMILES string of the molecule is NNC(CCCc1ccccc1)Cc1cccc(Cl)c1. The van der Waals surface area contributed by atoms with Gasteiger partial charge in [0, 0.05) is 11.1 Å². The molecule has 0 aliphatic carbocycles. The van der Waals surface area contributed by atoms with E-state index in [1.54, 1.807) is 0 Å². The van der Waals surface area contributed by atoms with E-state index >= 15 is 0 Å². The summed E-state index contributed by atoms with van der Waals surface area (Å²) in [5.41, 5.74) is 5.52. The first-order valence-electron chi connectivity index (χ1n) is 7.02. The Labute approximate surface area is 125 Å². The van der Waals surface area contributed by atoms with Crippen LogP contribution in [0, 0.1) is 0 Å². The Hall–Kier alpha value is -1.35. The minimum Gasteiger partial charge on any atom is -0.271 e. The second-order valence-electron chi connectivity index (χ2n) is 5.08. The molecule has 0 saturated carbocycles. The van der Waals surface area contributed by atoms with Gasteiger partial charge in [-0.25, -0.2) is 0 Å². The van der Waals surface area contributed by atoms with E-state index < -0.39 is 0 Å². The molecule has 0 spiro atoms. The van der Waals surface area contributed by atoms with Crippen molar-refractivity contribution in [3.63, 3.8) is 0 Å². The summed E-state index contributed by atoms with van der Waals surface area (Å²) in [4.78, 5) is 0. The van der Waals surface area contributed by atoms with E-state index in [-0.39, 0.29) is 6.04 Å². The van der Waals surface area contributed by atoms with E-state index in [1.807, 2.05) is 24.3 Å². The van der Waals surface area contributed by atoms with Crippen molar-refractivity contribution in [3.05, 3.63) is 70.7 Å². The summed E-state index contributed by atoms with van der Waals surface area (Å²) < 4.78 is 0. The van der Waals surface area contributed by atoms with Crippen molar-refractivity contribution in [2.75, 3.05) is 0 Å². The molecule has 2 aromatic carbocycles. The second-order valence-corrected chi connectivity index (χ2v) is 5.51. The van der Waals surface area contributed by atoms with Crippen molar-refractivity contribution in [1.82, 2.24) is 5.43 Å². The molecule has 3 heteroatoms. The van der Waals surface area contributed by atoms with Crippen LogP contribution in [0.15, 0.2) is 54.6 Å². The van der Waals surface area contributed by atoms with Gasteiger partial charge in [-0.3, -0.25) is 11.3 Å². The minimum absolute atomic E-state index is 0.289. The van der Waals surface area contributed by atoms with E-state index in [0.717, 1.165) is 30.7 Å². The third kappa shape index (κ3) is 4.97. The molecule has 2 nitrogen and oxygen atoms in total. The normalized spacial score (nSPS) is 12.3. The molecule has 0 aliphatic rings. The lowest BCUT2D eigenvalue weighted by Gasteiger charge is -2.16. The quantitative estimate of drug-likeness (QED) is 0.602. The van der Waals surface area contributed by atoms with Gasteiger partial charge in [0.15, 0.2) is 0 Å². The Balaban J connectivity index is 1.80. The number of rotatable bonds is 7. The average Bonchev–Trinajstić information content (AvgIpc) is 2.47. The lowest BCUT2D eigenvalue weighted by molar-refractivity contribution is 0.476. The van der Waals surface area contributed by atoms with Gasteiger partial charge in [-0.05, 0) is 48.9 Å². The van der Waals surface area contributed by atoms with E-state index in [4.69, 9.17) is 17.4 Å². The molecule has 0 heterocycles. The zero-order chi connectivity index (χ0) is 14.2. The monoisotopic (exact) mass is 288 g/mol. The number of nitrogens with two attached hydrogens (primary N) is 1. The number of halogens is 1. The highest BCUT2D eigenvalue weighted by molar-refractivity contribution is 6.30. The predicted molar refractivity (Wildman–Crippen MR) is 85.6 cm³/mol. The third-order valence-electron chi connectivity index (χ3n) is 3.47. The Bertz CT molecular complexity index is 513. The molecule has 106 valence electrons. The molecular weight excluding hydrogens is 268 g/mol. The Kier molecular flexibility index (Phi) is 6.06. The number of aryl methyl sites for hydroxylation is 1. The van der Waals surface area contributed by atoms with Crippen LogP contribution in [0.1, 0.15) is 24.0 Å². The molecule has 1 atom stereocenters. The van der Waals surface area contributed by atoms with Crippen LogP contribution in [-0.2, 0) is 12.8 Å². The molecule has 0 aliphatic heterocycles. The van der Waals surface area contributed by atoms with Crippen molar-refractivity contribution in [2.24, 2.45) is 5.84 Å². The standard InChI is InChI=1S/C17H21ClN2/c18-16-10-4-9-15(12-16)13-17(20-19)11-5-8-14-6-2-1-3-7-14/h1-4,6-7,9-10,12,17,20H,5,8,11,13,19H2. The maximum absolute atomic E-state index is 6.00. The summed E-state index contributed by atoms with van der Waals surface area (Å²) in [6, 6.07) is 18.8. The number of hydrogen-bond acceptors (Lipinski definition) is 2. The predicted octanol–water partition coefficient (Wildman–Crippen LogP) is 3.74. The molecule has 2 aromatic rings. The Morgan fingerprint density at radius 1 is 1.00 bits per heavy atom. The van der Waals surface area contributed by atoms with Gasteiger partial charge in [-0.15, -0.1) is 0 Å². The fourth-order valence-electron chi connectivity index (χ4n) is 2.39. The summed E-state index contributed by atoms with van der Waals surface area (Å²) >= 11 is 6.00. The number of hydrogen-bond donors (Lipinski definition) is 2. The molecule has 3 N–H and O–H groups in total. The van der Waals surface area contributed by atoms with Crippen LogP contribution >= 0.6 is 11.6 Å². The third-order valence-corrected chi connectivity index (χ3v) is 3.70. The summed E-state index contributed by atoms with van der Waals surface area (Å²) in [7, 11) is 0. The summed E-state index contributed by atoms with van der Waals surface area (Å²) in [5.74, 6) is 5.66. The molecule has 0 fully saturated rings. The van der Waals surface area contributed by atoms with Crippen LogP contribution in [0.2, 0.25) is 5.02 Å². The molecule has 0 amide bonds. The van der Waals surface area contributed by atoms with E-state index in [2.05, 4.69) is 35.8 Å². The van der Waals surface area contributed by atoms with Crippen LogP contribution in [0.5, 0.6) is 0 Å². The van der Waals surface area contributed by atoms with Crippen molar-refractivity contribution in [1.29, 1.82) is 0 Å². The lowest BCUT2D eigenvalue weighted by atomic mass is 9.99. The molecule has 1 unspecified atom stereocenters. The zero-order valence-electron chi connectivity index (χ0n) is 11.6. The van der Waals surface area contributed by atoms with E-state index in [0.29, 0.717) is 0 Å². The van der Waals surface area contributed by atoms with Crippen LogP contribution in [0.25, 0.3) is 0 Å². The number of hydrazine groups is 1. The van der Waals surface area contributed by atoms with Gasteiger partial charge in [0.2, 0.25) is 0 Å². The Morgan fingerprint density at radius 3 is 2.45 bits per heavy atom. The molecule has 0 bridgehead atoms. The largest absolute Gasteiger partial charge is 0.271 e. The van der Waals surface area contributed by atoms with Crippen molar-refractivity contribution in [2.45, 2.75) is 31.7 Å². The fraction of sp³-hybridized carbons (Fsp3) is 0.294. The first-order valence-corrected chi connectivity index (χ1v) is 7.40. The van der Waals surface area contributed by atoms with Crippen molar-refractivity contribution >= 4 is 11.6 Å². The average molecular weight is 289 g/mol. The van der Waals surface area contributed by atoms with E-state index in [9.17, 15) is 0 Å². The van der Waals surface area contributed by atoms with Crippen LogP contribution < -0.4 is 11.3 Å². The highest BCUT2D eigenvalue weighted by atomic mass is 35.5. The summed E-state index contributed by atoms with van der Waals surface area (Å²) in [5, 5.41) is 0.780. The molecule has 2 rings (SSSR count).